The van der Waals surface area contributed by atoms with Gasteiger partial charge in [-0.15, -0.1) is 11.3 Å². The van der Waals surface area contributed by atoms with Gasteiger partial charge >= 0.3 is 0 Å². The van der Waals surface area contributed by atoms with E-state index in [0.717, 1.165) is 0 Å². The Labute approximate surface area is 140 Å². The molecule has 0 fully saturated rings. The fourth-order valence-corrected chi connectivity index (χ4v) is 3.10. The summed E-state index contributed by atoms with van der Waals surface area (Å²) in [6.45, 7) is 1.46. The number of Topliss-reactive ketones (excluding diaryl/α,β-unsaturated/α-hetero) is 1. The minimum absolute atomic E-state index is 0.0774. The summed E-state index contributed by atoms with van der Waals surface area (Å²) in [5.41, 5.74) is 1.55. The average Bonchev–Trinajstić information content (AvgIpc) is 3.19. The Balaban J connectivity index is 1.92. The number of anilines is 1. The Hall–Kier alpha value is -2.51. The highest BCUT2D eigenvalue weighted by atomic mass is 35.5. The molecule has 1 aromatic carbocycles. The molecule has 0 aliphatic rings. The summed E-state index contributed by atoms with van der Waals surface area (Å²) < 4.78 is 1.48. The number of rotatable bonds is 4. The molecule has 0 aliphatic carbocycles. The van der Waals surface area contributed by atoms with Crippen LogP contribution >= 0.6 is 22.9 Å². The van der Waals surface area contributed by atoms with Crippen molar-refractivity contribution in [1.29, 1.82) is 0 Å². The van der Waals surface area contributed by atoms with Crippen LogP contribution in [0.2, 0.25) is 5.02 Å². The zero-order chi connectivity index (χ0) is 16.4. The van der Waals surface area contributed by atoms with Gasteiger partial charge in [-0.3, -0.25) is 9.59 Å². The molecule has 0 atom stereocenters. The number of para-hydroxylation sites is 1. The van der Waals surface area contributed by atoms with Gasteiger partial charge in [-0.2, -0.15) is 5.10 Å². The van der Waals surface area contributed by atoms with Gasteiger partial charge < -0.3 is 5.32 Å². The molecule has 0 aliphatic heterocycles. The zero-order valence-corrected chi connectivity index (χ0v) is 13.6. The van der Waals surface area contributed by atoms with E-state index in [1.807, 2.05) is 0 Å². The van der Waals surface area contributed by atoms with Gasteiger partial charge in [0, 0.05) is 10.9 Å². The molecule has 0 bridgehead atoms. The van der Waals surface area contributed by atoms with Crippen LogP contribution in [-0.4, -0.2) is 26.5 Å². The van der Waals surface area contributed by atoms with Gasteiger partial charge in [-0.05, 0) is 25.1 Å². The molecule has 0 spiro atoms. The number of carbonyl (C=O) groups is 2. The van der Waals surface area contributed by atoms with Crippen LogP contribution in [0.3, 0.4) is 0 Å². The van der Waals surface area contributed by atoms with E-state index in [0.29, 0.717) is 26.8 Å². The first kappa shape index (κ1) is 15.4. The smallest absolute Gasteiger partial charge is 0.265 e. The second kappa shape index (κ2) is 6.31. The summed E-state index contributed by atoms with van der Waals surface area (Å²) in [5, 5.41) is 8.93. The van der Waals surface area contributed by atoms with E-state index in [-0.39, 0.29) is 11.7 Å². The summed E-state index contributed by atoms with van der Waals surface area (Å²) in [7, 11) is 0. The minimum atomic E-state index is -0.314. The maximum absolute atomic E-state index is 12.4. The molecule has 0 radical (unpaired) electrons. The summed E-state index contributed by atoms with van der Waals surface area (Å²) in [6, 6.07) is 6.73. The number of nitrogens with one attached hydrogen (secondary N) is 1. The molecule has 2 heterocycles. The van der Waals surface area contributed by atoms with E-state index in [4.69, 9.17) is 11.6 Å². The van der Waals surface area contributed by atoms with Gasteiger partial charge in [-0.1, -0.05) is 17.7 Å². The molecule has 0 saturated heterocycles. The number of carbonyl (C=O) groups excluding carboxylic acids is 2. The number of halogens is 1. The summed E-state index contributed by atoms with van der Waals surface area (Å²) in [4.78, 5) is 28.0. The largest absolute Gasteiger partial charge is 0.319 e. The maximum atomic E-state index is 12.4. The highest BCUT2D eigenvalue weighted by molar-refractivity contribution is 7.12. The summed E-state index contributed by atoms with van der Waals surface area (Å²) >= 11 is 7.43. The van der Waals surface area contributed by atoms with E-state index in [2.05, 4.69) is 15.4 Å². The predicted octanol–water partition coefficient (Wildman–Crippen LogP) is 3.44. The first-order chi connectivity index (χ1) is 11.1. The van der Waals surface area contributed by atoms with Crippen LogP contribution in [0.25, 0.3) is 5.69 Å². The summed E-state index contributed by atoms with van der Waals surface area (Å²) in [6.07, 6.45) is 2.88. The molecule has 0 saturated carbocycles. The van der Waals surface area contributed by atoms with E-state index in [1.165, 1.54) is 35.6 Å². The van der Waals surface area contributed by atoms with Crippen molar-refractivity contribution in [2.24, 2.45) is 0 Å². The van der Waals surface area contributed by atoms with Crippen LogP contribution < -0.4 is 5.32 Å². The van der Waals surface area contributed by atoms with Crippen LogP contribution in [0.5, 0.6) is 0 Å². The molecule has 3 rings (SSSR count). The fourth-order valence-electron chi connectivity index (χ4n) is 2.00. The van der Waals surface area contributed by atoms with Crippen LogP contribution in [0.1, 0.15) is 27.0 Å². The fraction of sp³-hybridized carbons (Fsp3) is 0.0667. The van der Waals surface area contributed by atoms with Crippen molar-refractivity contribution >= 4 is 40.3 Å². The van der Waals surface area contributed by atoms with Crippen molar-refractivity contribution in [2.75, 3.05) is 5.32 Å². The Bertz CT molecular complexity index is 873. The molecule has 1 N–H and O–H groups in total. The topological polar surface area (TPSA) is 76.9 Å². The molecule has 3 aromatic rings. The van der Waals surface area contributed by atoms with Crippen molar-refractivity contribution in [3.8, 4) is 5.69 Å². The van der Waals surface area contributed by atoms with Crippen LogP contribution in [0.15, 0.2) is 42.3 Å². The standard InChI is InChI=1S/C15H11ClN4O2S/c1-9(21)10-5-13(23-6-10)15(22)19-12-4-2-3-11(16)14(12)20-8-17-7-18-20/h2-8H,1H3,(H,19,22). The Morgan fingerprint density at radius 2 is 2.17 bits per heavy atom. The first-order valence-corrected chi connectivity index (χ1v) is 7.86. The third-order valence-corrected chi connectivity index (χ3v) is 4.35. The van der Waals surface area contributed by atoms with Crippen molar-refractivity contribution in [1.82, 2.24) is 14.8 Å². The number of nitrogens with zero attached hydrogens (tertiary/aromatic N) is 3. The molecule has 6 nitrogen and oxygen atoms in total. The lowest BCUT2D eigenvalue weighted by molar-refractivity contribution is 0.101. The predicted molar refractivity (Wildman–Crippen MR) is 88.6 cm³/mol. The van der Waals surface area contributed by atoms with Crippen molar-refractivity contribution in [3.63, 3.8) is 0 Å². The van der Waals surface area contributed by atoms with Crippen molar-refractivity contribution in [2.45, 2.75) is 6.92 Å². The number of hydrogen-bond donors (Lipinski definition) is 1. The lowest BCUT2D eigenvalue weighted by Crippen LogP contribution is -2.13. The SMILES string of the molecule is CC(=O)c1csc(C(=O)Nc2cccc(Cl)c2-n2cncn2)c1. The third-order valence-electron chi connectivity index (χ3n) is 3.11. The van der Waals surface area contributed by atoms with Gasteiger partial charge in [0.1, 0.15) is 18.3 Å². The molecular weight excluding hydrogens is 336 g/mol. The summed E-state index contributed by atoms with van der Waals surface area (Å²) in [5.74, 6) is -0.391. The molecular formula is C15H11ClN4O2S. The van der Waals surface area contributed by atoms with E-state index in [1.54, 1.807) is 29.6 Å². The minimum Gasteiger partial charge on any atom is -0.319 e. The number of benzene rings is 1. The third kappa shape index (κ3) is 3.15. The van der Waals surface area contributed by atoms with E-state index in [9.17, 15) is 9.59 Å². The van der Waals surface area contributed by atoms with Crippen molar-refractivity contribution < 1.29 is 9.59 Å². The number of ketones is 1. The number of thiophene rings is 1. The number of aromatic nitrogens is 3. The van der Waals surface area contributed by atoms with E-state index >= 15 is 0 Å². The molecule has 0 unspecified atom stereocenters. The lowest BCUT2D eigenvalue weighted by Gasteiger charge is -2.11. The quantitative estimate of drug-likeness (QED) is 0.734. The molecule has 1 amide bonds. The average molecular weight is 347 g/mol. The van der Waals surface area contributed by atoms with Crippen molar-refractivity contribution in [3.05, 3.63) is 57.8 Å². The monoisotopic (exact) mass is 346 g/mol. The second-order valence-electron chi connectivity index (χ2n) is 4.69. The van der Waals surface area contributed by atoms with Gasteiger partial charge in [0.15, 0.2) is 5.78 Å². The van der Waals surface area contributed by atoms with Crippen LogP contribution in [-0.2, 0) is 0 Å². The molecule has 8 heteroatoms. The lowest BCUT2D eigenvalue weighted by atomic mass is 10.2. The molecule has 116 valence electrons. The number of amides is 1. The van der Waals surface area contributed by atoms with Gasteiger partial charge in [0.25, 0.3) is 5.91 Å². The van der Waals surface area contributed by atoms with Gasteiger partial charge in [0.2, 0.25) is 0 Å². The van der Waals surface area contributed by atoms with Gasteiger partial charge in [0.05, 0.1) is 15.6 Å². The van der Waals surface area contributed by atoms with Crippen LogP contribution in [0.4, 0.5) is 5.69 Å². The number of hydrogen-bond acceptors (Lipinski definition) is 5. The Morgan fingerprint density at radius 1 is 1.35 bits per heavy atom. The first-order valence-electron chi connectivity index (χ1n) is 6.60. The molecule has 2 aromatic heterocycles. The Kier molecular flexibility index (Phi) is 4.22. The van der Waals surface area contributed by atoms with E-state index < -0.39 is 0 Å². The van der Waals surface area contributed by atoms with Gasteiger partial charge in [-0.25, -0.2) is 9.67 Å². The highest BCUT2D eigenvalue weighted by Crippen LogP contribution is 2.28. The highest BCUT2D eigenvalue weighted by Gasteiger charge is 2.16. The second-order valence-corrected chi connectivity index (χ2v) is 6.00. The maximum Gasteiger partial charge on any atom is 0.265 e. The molecule has 23 heavy (non-hydrogen) atoms. The normalized spacial score (nSPS) is 10.5. The van der Waals surface area contributed by atoms with Crippen LogP contribution in [0, 0.1) is 0 Å². The zero-order valence-electron chi connectivity index (χ0n) is 12.0. The Morgan fingerprint density at radius 3 is 2.83 bits per heavy atom.